The second-order valence-electron chi connectivity index (χ2n) is 6.48. The van der Waals surface area contributed by atoms with Crippen LogP contribution < -0.4 is 10.6 Å². The Morgan fingerprint density at radius 1 is 0.862 bits per heavy atom. The number of hydrogen-bond donors (Lipinski definition) is 0. The van der Waals surface area contributed by atoms with Crippen LogP contribution in [0.1, 0.15) is 6.42 Å². The molecule has 144 valence electrons. The van der Waals surface area contributed by atoms with Gasteiger partial charge in [0.25, 0.3) is 0 Å². The summed E-state index contributed by atoms with van der Waals surface area (Å²) in [6.07, 6.45) is 14.6. The summed E-state index contributed by atoms with van der Waals surface area (Å²) in [6, 6.07) is 19.3. The zero-order chi connectivity index (χ0) is 20.5. The summed E-state index contributed by atoms with van der Waals surface area (Å²) in [7, 11) is 0. The van der Waals surface area contributed by atoms with Gasteiger partial charge in [0.2, 0.25) is 0 Å². The third kappa shape index (κ3) is 4.69. The van der Waals surface area contributed by atoms with E-state index in [9.17, 15) is 9.59 Å². The minimum atomic E-state index is -2.57. The van der Waals surface area contributed by atoms with E-state index in [0.717, 1.165) is 17.0 Å². The summed E-state index contributed by atoms with van der Waals surface area (Å²) < 4.78 is 1.28. The van der Waals surface area contributed by atoms with E-state index in [4.69, 9.17) is 0 Å². The fraction of sp³-hybridized carbons (Fsp3) is 0.0800. The first-order valence-electron chi connectivity index (χ1n) is 9.23. The van der Waals surface area contributed by atoms with Crippen LogP contribution in [-0.2, 0) is 25.6 Å². The van der Waals surface area contributed by atoms with Crippen molar-refractivity contribution in [3.8, 4) is 0 Å². The Balaban J connectivity index is 0.000000343. The maximum absolute atomic E-state index is 12.3. The standard InChI is InChI=1S/C20H15O2P.C5H5.Mn/c21-15-17-9-7-8-14-20(17)23(16-22,18-10-3-1-4-11-18)19-12-5-2-6-13-19;1-2-4-5-3-1;/h1-14,20H;1-3H,4H2;. The monoisotopic (exact) mass is 438 g/mol. The zero-order valence-electron chi connectivity index (χ0n) is 15.7. The topological polar surface area (TPSA) is 34.1 Å². The van der Waals surface area contributed by atoms with Crippen LogP contribution in [0.25, 0.3) is 0 Å². The molecule has 0 bridgehead atoms. The summed E-state index contributed by atoms with van der Waals surface area (Å²) in [5.74, 6) is 2.01. The molecule has 0 fully saturated rings. The van der Waals surface area contributed by atoms with E-state index in [1.165, 1.54) is 4.47 Å². The summed E-state index contributed by atoms with van der Waals surface area (Å²) in [5, 5.41) is 1.83. The molecular weight excluding hydrogens is 418 g/mol. The second kappa shape index (κ2) is 10.2. The van der Waals surface area contributed by atoms with Gasteiger partial charge in [0.15, 0.2) is 0 Å². The van der Waals surface area contributed by atoms with Gasteiger partial charge in [-0.2, -0.15) is 0 Å². The fourth-order valence-corrected chi connectivity index (χ4v) is 7.06. The van der Waals surface area contributed by atoms with Crippen molar-refractivity contribution < 1.29 is 25.6 Å². The summed E-state index contributed by atoms with van der Waals surface area (Å²) >= 11 is 3.34. The molecular formula is C25H20MnO2P. The van der Waals surface area contributed by atoms with Gasteiger partial charge in [-0.1, -0.05) is 78.9 Å². The Kier molecular flexibility index (Phi) is 7.45. The van der Waals surface area contributed by atoms with E-state index in [1.807, 2.05) is 84.8 Å². The predicted molar refractivity (Wildman–Crippen MR) is 118 cm³/mol. The SMILES string of the molecule is O=C=C1C=CC=CC1P(=C=O)(c1ccccc1)c1ccccc1.[Mn][C]1=CC=CC1. The van der Waals surface area contributed by atoms with Crippen molar-refractivity contribution in [2.75, 3.05) is 0 Å². The van der Waals surface area contributed by atoms with Crippen LogP contribution in [0.2, 0.25) is 0 Å². The first-order valence-corrected chi connectivity index (χ1v) is 11.7. The van der Waals surface area contributed by atoms with Gasteiger partial charge in [-0.15, -0.1) is 0 Å². The van der Waals surface area contributed by atoms with Crippen LogP contribution in [0.5, 0.6) is 0 Å². The van der Waals surface area contributed by atoms with Crippen molar-refractivity contribution in [3.63, 3.8) is 0 Å². The average molecular weight is 438 g/mol. The Labute approximate surface area is 179 Å². The summed E-state index contributed by atoms with van der Waals surface area (Å²) in [4.78, 5) is 23.7. The Morgan fingerprint density at radius 2 is 1.48 bits per heavy atom. The molecule has 0 heterocycles. The van der Waals surface area contributed by atoms with Crippen LogP contribution in [0.4, 0.5) is 0 Å². The molecule has 0 aromatic heterocycles. The number of benzene rings is 2. The van der Waals surface area contributed by atoms with Crippen molar-refractivity contribution in [1.82, 2.24) is 0 Å². The van der Waals surface area contributed by atoms with Gasteiger partial charge in [-0.25, -0.2) is 9.59 Å². The minimum absolute atomic E-state index is 0.327. The van der Waals surface area contributed by atoms with Gasteiger partial charge >= 0.3 is 45.1 Å². The van der Waals surface area contributed by atoms with Crippen LogP contribution in [0.15, 0.2) is 113 Å². The molecule has 0 radical (unpaired) electrons. The van der Waals surface area contributed by atoms with Gasteiger partial charge in [-0.3, -0.25) is 0 Å². The van der Waals surface area contributed by atoms with Crippen LogP contribution in [0.3, 0.4) is 0 Å². The van der Waals surface area contributed by atoms with Gasteiger partial charge in [0.1, 0.15) is 11.6 Å². The average Bonchev–Trinajstić information content (AvgIpc) is 3.28. The third-order valence-electron chi connectivity index (χ3n) is 4.73. The number of rotatable bonds is 3. The van der Waals surface area contributed by atoms with Crippen molar-refractivity contribution in [2.45, 2.75) is 12.1 Å². The Bertz CT molecular complexity index is 1050. The fourth-order valence-electron chi connectivity index (χ4n) is 3.34. The van der Waals surface area contributed by atoms with E-state index in [-0.39, 0.29) is 5.66 Å². The van der Waals surface area contributed by atoms with Gasteiger partial charge in [0.05, 0.1) is 5.66 Å². The molecule has 2 nitrogen and oxygen atoms in total. The van der Waals surface area contributed by atoms with Gasteiger partial charge < -0.3 is 0 Å². The number of carbonyl (C=O) groups excluding carboxylic acids is 2. The molecule has 0 N–H and O–H groups in total. The second-order valence-corrected chi connectivity index (χ2v) is 10.5. The van der Waals surface area contributed by atoms with Crippen LogP contribution >= 0.6 is 6.89 Å². The molecule has 0 spiro atoms. The van der Waals surface area contributed by atoms with Crippen molar-refractivity contribution >= 4 is 29.1 Å². The number of hydrogen-bond acceptors (Lipinski definition) is 2. The molecule has 2 aromatic rings. The predicted octanol–water partition coefficient (Wildman–Crippen LogP) is 4.35. The van der Waals surface area contributed by atoms with Crippen molar-refractivity contribution in [2.24, 2.45) is 0 Å². The molecule has 0 amide bonds. The van der Waals surface area contributed by atoms with E-state index in [1.54, 1.807) is 12.2 Å². The van der Waals surface area contributed by atoms with E-state index >= 15 is 0 Å². The maximum atomic E-state index is 12.3. The Hall–Kier alpha value is -2.62. The molecule has 0 saturated heterocycles. The van der Waals surface area contributed by atoms with Crippen LogP contribution in [-0.4, -0.2) is 17.3 Å². The van der Waals surface area contributed by atoms with E-state index in [0.29, 0.717) is 5.57 Å². The molecule has 29 heavy (non-hydrogen) atoms. The molecule has 1 unspecified atom stereocenters. The number of allylic oxidation sites excluding steroid dienone is 9. The molecule has 4 heteroatoms. The van der Waals surface area contributed by atoms with Crippen LogP contribution in [0, 0.1) is 0 Å². The molecule has 2 aromatic carbocycles. The quantitative estimate of drug-likeness (QED) is 0.406. The molecule has 2 aliphatic carbocycles. The molecule has 2 aliphatic rings. The molecule has 0 saturated carbocycles. The summed E-state index contributed by atoms with van der Waals surface area (Å²) in [5.41, 5.74) is 2.53. The Morgan fingerprint density at radius 3 is 1.90 bits per heavy atom. The third-order valence-corrected chi connectivity index (χ3v) is 8.97. The normalized spacial score (nSPS) is 17.1. The van der Waals surface area contributed by atoms with E-state index < -0.39 is 6.89 Å². The zero-order valence-corrected chi connectivity index (χ0v) is 17.8. The molecule has 4 rings (SSSR count). The van der Waals surface area contributed by atoms with Gasteiger partial charge in [-0.05, 0) is 16.7 Å². The summed E-state index contributed by atoms with van der Waals surface area (Å²) in [6.45, 7) is -2.57. The molecule has 1 atom stereocenters. The first-order chi connectivity index (χ1) is 14.2. The first kappa shape index (κ1) is 21.1. The van der Waals surface area contributed by atoms with E-state index in [2.05, 4.69) is 33.8 Å². The van der Waals surface area contributed by atoms with Crippen molar-refractivity contribution in [3.05, 3.63) is 113 Å². The molecule has 0 aliphatic heterocycles. The van der Waals surface area contributed by atoms with Crippen molar-refractivity contribution in [1.29, 1.82) is 0 Å². The van der Waals surface area contributed by atoms with Gasteiger partial charge in [0, 0.05) is 12.5 Å².